The summed E-state index contributed by atoms with van der Waals surface area (Å²) in [7, 11) is 0. The lowest BCUT2D eigenvalue weighted by Gasteiger charge is -2.17. The number of benzene rings is 3. The minimum atomic E-state index is -1.07. The lowest BCUT2D eigenvalue weighted by molar-refractivity contribution is -0.113. The number of anilines is 1. The highest BCUT2D eigenvalue weighted by Gasteiger charge is 2.33. The number of hydrogen-bond acceptors (Lipinski definition) is 6. The lowest BCUT2D eigenvalue weighted by atomic mass is 10.0. The third kappa shape index (κ3) is 6.15. The number of nitrogens with zero attached hydrogens (tertiary/aromatic N) is 1. The first-order valence-electron chi connectivity index (χ1n) is 12.0. The molecule has 0 saturated carbocycles. The van der Waals surface area contributed by atoms with Gasteiger partial charge in [-0.25, -0.2) is 4.79 Å². The summed E-state index contributed by atoms with van der Waals surface area (Å²) < 4.78 is 12.5. The van der Waals surface area contributed by atoms with Crippen LogP contribution in [0.4, 0.5) is 5.69 Å². The number of carbonyl (C=O) groups is 2. The van der Waals surface area contributed by atoms with Crippen LogP contribution in [0, 0.1) is 6.92 Å². The quantitative estimate of drug-likeness (QED) is 0.170. The summed E-state index contributed by atoms with van der Waals surface area (Å²) >= 11 is 6.63. The second-order valence-corrected chi connectivity index (χ2v) is 10.3. The van der Waals surface area contributed by atoms with Crippen molar-refractivity contribution in [1.29, 1.82) is 0 Å². The summed E-state index contributed by atoms with van der Waals surface area (Å²) in [6, 6.07) is 18.1. The van der Waals surface area contributed by atoms with E-state index in [1.54, 1.807) is 24.3 Å². The number of ether oxygens (including phenoxy) is 2. The van der Waals surface area contributed by atoms with E-state index in [-0.39, 0.29) is 11.5 Å². The Hall–Kier alpha value is -3.88. The number of hydrogen-bond donors (Lipinski definition) is 1. The van der Waals surface area contributed by atoms with Crippen molar-refractivity contribution >= 4 is 51.9 Å². The summed E-state index contributed by atoms with van der Waals surface area (Å²) in [5.74, 6) is -0.168. The number of thiocarbonyl (C=S) groups is 1. The average Bonchev–Trinajstić information content (AvgIpc) is 3.17. The van der Waals surface area contributed by atoms with Crippen LogP contribution in [-0.4, -0.2) is 27.9 Å². The SMILES string of the molecule is C=CCc1cc(/C=C2/SC(=S)N(c3cccc(C(=O)O)c3)C2=O)cc(OCC)c1OCc1ccc(C)cc1. The first-order valence-corrected chi connectivity index (χ1v) is 13.2. The number of carboxylic acid groups (broad SMARTS) is 1. The molecule has 0 aliphatic carbocycles. The highest BCUT2D eigenvalue weighted by molar-refractivity contribution is 8.27. The van der Waals surface area contributed by atoms with Crippen LogP contribution in [0.25, 0.3) is 6.08 Å². The fourth-order valence-corrected chi connectivity index (χ4v) is 5.26. The van der Waals surface area contributed by atoms with Crippen LogP contribution in [0.1, 0.15) is 39.5 Å². The van der Waals surface area contributed by atoms with Crippen molar-refractivity contribution in [3.63, 3.8) is 0 Å². The van der Waals surface area contributed by atoms with Gasteiger partial charge < -0.3 is 14.6 Å². The van der Waals surface area contributed by atoms with Gasteiger partial charge in [0.2, 0.25) is 0 Å². The molecule has 6 nitrogen and oxygen atoms in total. The largest absolute Gasteiger partial charge is 0.490 e. The molecule has 0 spiro atoms. The van der Waals surface area contributed by atoms with Gasteiger partial charge in [-0.1, -0.05) is 66.0 Å². The first-order chi connectivity index (χ1) is 18.3. The summed E-state index contributed by atoms with van der Waals surface area (Å²) in [5.41, 5.74) is 4.36. The molecule has 0 unspecified atom stereocenters. The van der Waals surface area contributed by atoms with Crippen molar-refractivity contribution in [2.45, 2.75) is 26.9 Å². The molecule has 1 saturated heterocycles. The van der Waals surface area contributed by atoms with E-state index in [0.717, 1.165) is 16.7 Å². The fraction of sp³-hybridized carbons (Fsp3) is 0.167. The van der Waals surface area contributed by atoms with Crippen LogP contribution in [-0.2, 0) is 17.8 Å². The van der Waals surface area contributed by atoms with Gasteiger partial charge in [0, 0.05) is 5.56 Å². The number of thioether (sulfide) groups is 1. The summed E-state index contributed by atoms with van der Waals surface area (Å²) in [6.45, 7) is 8.66. The van der Waals surface area contributed by atoms with E-state index in [1.807, 2.05) is 50.2 Å². The van der Waals surface area contributed by atoms with E-state index in [2.05, 4.69) is 6.58 Å². The van der Waals surface area contributed by atoms with Gasteiger partial charge in [-0.3, -0.25) is 9.69 Å². The van der Waals surface area contributed by atoms with Gasteiger partial charge in [0.05, 0.1) is 22.8 Å². The second-order valence-electron chi connectivity index (χ2n) is 8.58. The zero-order valence-corrected chi connectivity index (χ0v) is 22.7. The maximum Gasteiger partial charge on any atom is 0.335 e. The molecular formula is C30H27NO5S2. The van der Waals surface area contributed by atoms with Gasteiger partial charge >= 0.3 is 5.97 Å². The number of carboxylic acids is 1. The summed E-state index contributed by atoms with van der Waals surface area (Å²) in [6.07, 6.45) is 4.11. The van der Waals surface area contributed by atoms with Crippen molar-refractivity contribution in [2.75, 3.05) is 11.5 Å². The monoisotopic (exact) mass is 545 g/mol. The minimum absolute atomic E-state index is 0.0807. The molecule has 1 aliphatic heterocycles. The normalized spacial score (nSPS) is 14.2. The van der Waals surface area contributed by atoms with Gasteiger partial charge in [0.15, 0.2) is 15.8 Å². The first kappa shape index (κ1) is 27.2. The van der Waals surface area contributed by atoms with Crippen molar-refractivity contribution < 1.29 is 24.2 Å². The van der Waals surface area contributed by atoms with E-state index in [1.165, 1.54) is 34.4 Å². The molecule has 8 heteroatoms. The standard InChI is InChI=1S/C30H27NO5S2/c1-4-7-22-14-21(15-25(35-5-2)27(22)36-18-20-12-10-19(3)11-13-20)16-26-28(32)31(30(37)38-26)24-9-6-8-23(17-24)29(33)34/h4,6,8-17H,1,5,7,18H2,2-3H3,(H,33,34)/b26-16+. The third-order valence-electron chi connectivity index (χ3n) is 5.76. The van der Waals surface area contributed by atoms with E-state index >= 15 is 0 Å². The smallest absolute Gasteiger partial charge is 0.335 e. The van der Waals surface area contributed by atoms with Crippen LogP contribution in [0.15, 0.2) is 78.2 Å². The van der Waals surface area contributed by atoms with Crippen molar-refractivity contribution in [3.05, 3.63) is 106 Å². The number of aromatic carboxylic acids is 1. The Kier molecular flexibility index (Phi) is 8.66. The molecule has 3 aromatic carbocycles. The molecule has 1 heterocycles. The Labute approximate surface area is 231 Å². The predicted octanol–water partition coefficient (Wildman–Crippen LogP) is 6.81. The molecule has 0 aromatic heterocycles. The lowest BCUT2D eigenvalue weighted by Crippen LogP contribution is -2.27. The van der Waals surface area contributed by atoms with E-state index in [9.17, 15) is 14.7 Å². The Morgan fingerprint density at radius 1 is 1.13 bits per heavy atom. The Bertz CT molecular complexity index is 1430. The third-order valence-corrected chi connectivity index (χ3v) is 7.07. The van der Waals surface area contributed by atoms with Crippen LogP contribution >= 0.6 is 24.0 Å². The van der Waals surface area contributed by atoms with Crippen LogP contribution in [0.2, 0.25) is 0 Å². The van der Waals surface area contributed by atoms with E-state index in [4.69, 9.17) is 21.7 Å². The molecule has 1 N–H and O–H groups in total. The van der Waals surface area contributed by atoms with Crippen LogP contribution in [0.5, 0.6) is 11.5 Å². The van der Waals surface area contributed by atoms with Crippen molar-refractivity contribution in [2.24, 2.45) is 0 Å². The molecule has 38 heavy (non-hydrogen) atoms. The second kappa shape index (κ2) is 12.1. The number of allylic oxidation sites excluding steroid dienone is 1. The average molecular weight is 546 g/mol. The minimum Gasteiger partial charge on any atom is -0.490 e. The number of rotatable bonds is 10. The van der Waals surface area contributed by atoms with Crippen LogP contribution < -0.4 is 14.4 Å². The summed E-state index contributed by atoms with van der Waals surface area (Å²) in [5, 5.41) is 9.32. The number of amides is 1. The topological polar surface area (TPSA) is 76.1 Å². The zero-order chi connectivity index (χ0) is 27.2. The molecule has 1 amide bonds. The maximum absolute atomic E-state index is 13.3. The van der Waals surface area contributed by atoms with Gasteiger partial charge in [0.25, 0.3) is 5.91 Å². The molecule has 0 atom stereocenters. The Morgan fingerprint density at radius 2 is 1.89 bits per heavy atom. The highest BCUT2D eigenvalue weighted by atomic mass is 32.2. The van der Waals surface area contributed by atoms with Crippen LogP contribution in [0.3, 0.4) is 0 Å². The molecule has 4 rings (SSSR count). The van der Waals surface area contributed by atoms with Gasteiger partial charge in [-0.15, -0.1) is 6.58 Å². The number of carbonyl (C=O) groups excluding carboxylic acids is 1. The van der Waals surface area contributed by atoms with Crippen molar-refractivity contribution in [1.82, 2.24) is 0 Å². The molecule has 0 bridgehead atoms. The van der Waals surface area contributed by atoms with E-state index in [0.29, 0.717) is 46.0 Å². The van der Waals surface area contributed by atoms with Gasteiger partial charge in [0.1, 0.15) is 6.61 Å². The Balaban J connectivity index is 1.66. The highest BCUT2D eigenvalue weighted by Crippen LogP contribution is 2.39. The molecule has 1 aliphatic rings. The molecular weight excluding hydrogens is 518 g/mol. The van der Waals surface area contributed by atoms with Crippen molar-refractivity contribution in [3.8, 4) is 11.5 Å². The molecule has 1 fully saturated rings. The maximum atomic E-state index is 13.3. The molecule has 194 valence electrons. The predicted molar refractivity (Wildman–Crippen MR) is 156 cm³/mol. The summed E-state index contributed by atoms with van der Waals surface area (Å²) in [4.78, 5) is 26.5. The fourth-order valence-electron chi connectivity index (χ4n) is 3.96. The van der Waals surface area contributed by atoms with E-state index < -0.39 is 5.97 Å². The Morgan fingerprint density at radius 3 is 2.58 bits per heavy atom. The van der Waals surface area contributed by atoms with Gasteiger partial charge in [-0.2, -0.15) is 0 Å². The number of aryl methyl sites for hydroxylation is 1. The molecule has 3 aromatic rings. The van der Waals surface area contributed by atoms with Gasteiger partial charge in [-0.05, 0) is 67.8 Å². The molecule has 0 radical (unpaired) electrons. The zero-order valence-electron chi connectivity index (χ0n) is 21.1.